The average molecular weight is 256 g/mol. The van der Waals surface area contributed by atoms with Crippen LogP contribution in [0.2, 0.25) is 0 Å². The number of nitrogens with two attached hydrogens (primary N) is 1. The van der Waals surface area contributed by atoms with Gasteiger partial charge in [0.05, 0.1) is 6.04 Å². The maximum Gasteiger partial charge on any atom is 0.137 e. The molecule has 1 atom stereocenters. The Balaban J connectivity index is 2.39. The summed E-state index contributed by atoms with van der Waals surface area (Å²) < 4.78 is 5.63. The zero-order valence-corrected chi connectivity index (χ0v) is 11.5. The predicted octanol–water partition coefficient (Wildman–Crippen LogP) is 1.12. The Morgan fingerprint density at radius 1 is 1.35 bits per heavy atom. The van der Waals surface area contributed by atoms with Crippen molar-refractivity contribution in [3.05, 3.63) is 24.3 Å². The summed E-state index contributed by atoms with van der Waals surface area (Å²) in [5, 5.41) is 11.9. The SMILES string of the molecule is CSc1ccccc1OC[C@@H](O)C[NH2+]C(C)C. The molecule has 0 heterocycles. The van der Waals surface area contributed by atoms with E-state index in [1.54, 1.807) is 11.8 Å². The van der Waals surface area contributed by atoms with Gasteiger partial charge in [0.25, 0.3) is 0 Å². The van der Waals surface area contributed by atoms with Crippen LogP contribution in [0.1, 0.15) is 13.8 Å². The number of para-hydroxylation sites is 1. The standard InChI is InChI=1S/C13H21NO2S/c1-10(2)14-8-11(15)9-16-12-6-4-5-7-13(12)17-3/h4-7,10-11,14-15H,8-9H2,1-3H3/p+1/t11-/m0/s1. The van der Waals surface area contributed by atoms with Crippen LogP contribution in [-0.4, -0.2) is 36.7 Å². The Kier molecular flexibility index (Phi) is 6.40. The number of aliphatic hydroxyl groups excluding tert-OH is 1. The van der Waals surface area contributed by atoms with Crippen molar-refractivity contribution < 1.29 is 15.2 Å². The molecule has 0 unspecified atom stereocenters. The van der Waals surface area contributed by atoms with Gasteiger partial charge in [0.1, 0.15) is 25.0 Å². The number of aliphatic hydroxyl groups is 1. The fourth-order valence-corrected chi connectivity index (χ4v) is 1.96. The number of thioether (sulfide) groups is 1. The van der Waals surface area contributed by atoms with Crippen LogP contribution in [0.5, 0.6) is 5.75 Å². The molecular weight excluding hydrogens is 234 g/mol. The molecule has 3 N–H and O–H groups in total. The van der Waals surface area contributed by atoms with Crippen molar-refractivity contribution >= 4 is 11.8 Å². The van der Waals surface area contributed by atoms with Crippen LogP contribution < -0.4 is 10.1 Å². The Hall–Kier alpha value is -0.710. The zero-order chi connectivity index (χ0) is 12.7. The summed E-state index contributed by atoms with van der Waals surface area (Å²) in [6, 6.07) is 8.39. The van der Waals surface area contributed by atoms with Crippen molar-refractivity contribution in [1.29, 1.82) is 0 Å². The van der Waals surface area contributed by atoms with Crippen LogP contribution in [0.25, 0.3) is 0 Å². The number of quaternary nitrogens is 1. The molecule has 0 aliphatic rings. The number of rotatable bonds is 7. The van der Waals surface area contributed by atoms with Crippen LogP contribution in [0.4, 0.5) is 0 Å². The summed E-state index contributed by atoms with van der Waals surface area (Å²) in [6.07, 6.45) is 1.60. The maximum atomic E-state index is 9.76. The van der Waals surface area contributed by atoms with E-state index >= 15 is 0 Å². The Labute approximate surface area is 108 Å². The number of hydrogen-bond donors (Lipinski definition) is 2. The minimum Gasteiger partial charge on any atom is -0.489 e. The second-order valence-corrected chi connectivity index (χ2v) is 5.18. The Morgan fingerprint density at radius 2 is 2.06 bits per heavy atom. The van der Waals surface area contributed by atoms with Crippen molar-refractivity contribution in [3.63, 3.8) is 0 Å². The lowest BCUT2D eigenvalue weighted by molar-refractivity contribution is -0.688. The first-order valence-corrected chi connectivity index (χ1v) is 7.13. The van der Waals surface area contributed by atoms with Gasteiger partial charge in [-0.3, -0.25) is 0 Å². The molecule has 0 fully saturated rings. The van der Waals surface area contributed by atoms with Crippen molar-refractivity contribution in [2.24, 2.45) is 0 Å². The summed E-state index contributed by atoms with van der Waals surface area (Å²) in [4.78, 5) is 1.10. The van der Waals surface area contributed by atoms with Gasteiger partial charge in [-0.1, -0.05) is 12.1 Å². The van der Waals surface area contributed by atoms with E-state index in [0.29, 0.717) is 19.2 Å². The van der Waals surface area contributed by atoms with Gasteiger partial charge in [0, 0.05) is 4.90 Å². The molecule has 3 nitrogen and oxygen atoms in total. The van der Waals surface area contributed by atoms with E-state index in [9.17, 15) is 5.11 Å². The highest BCUT2D eigenvalue weighted by Crippen LogP contribution is 2.26. The number of hydrogen-bond acceptors (Lipinski definition) is 3. The van der Waals surface area contributed by atoms with E-state index in [-0.39, 0.29) is 0 Å². The number of benzene rings is 1. The van der Waals surface area contributed by atoms with Gasteiger partial charge < -0.3 is 15.2 Å². The van der Waals surface area contributed by atoms with Crippen molar-refractivity contribution in [2.75, 3.05) is 19.4 Å². The van der Waals surface area contributed by atoms with Crippen molar-refractivity contribution in [2.45, 2.75) is 30.9 Å². The third-order valence-corrected chi connectivity index (χ3v) is 3.16. The molecule has 0 saturated heterocycles. The number of ether oxygens (including phenoxy) is 1. The second-order valence-electron chi connectivity index (χ2n) is 4.33. The van der Waals surface area contributed by atoms with Gasteiger partial charge in [0.2, 0.25) is 0 Å². The van der Waals surface area contributed by atoms with Crippen LogP contribution in [0.15, 0.2) is 29.2 Å². The summed E-state index contributed by atoms with van der Waals surface area (Å²) >= 11 is 1.65. The van der Waals surface area contributed by atoms with Crippen molar-refractivity contribution in [3.8, 4) is 5.75 Å². The van der Waals surface area contributed by atoms with Crippen LogP contribution in [0, 0.1) is 0 Å². The molecule has 96 valence electrons. The molecule has 0 saturated carbocycles. The second kappa shape index (κ2) is 7.58. The molecule has 0 bridgehead atoms. The minimum atomic E-state index is -0.424. The molecule has 0 radical (unpaired) electrons. The monoisotopic (exact) mass is 256 g/mol. The lowest BCUT2D eigenvalue weighted by atomic mass is 10.3. The van der Waals surface area contributed by atoms with Gasteiger partial charge in [-0.15, -0.1) is 11.8 Å². The lowest BCUT2D eigenvalue weighted by Crippen LogP contribution is -2.90. The van der Waals surface area contributed by atoms with E-state index in [4.69, 9.17) is 4.74 Å². The summed E-state index contributed by atoms with van der Waals surface area (Å²) in [6.45, 7) is 5.24. The first-order chi connectivity index (χ1) is 8.13. The molecule has 0 aromatic heterocycles. The Morgan fingerprint density at radius 3 is 2.71 bits per heavy atom. The average Bonchev–Trinajstić information content (AvgIpc) is 2.34. The van der Waals surface area contributed by atoms with E-state index in [1.165, 1.54) is 0 Å². The third kappa shape index (κ3) is 5.44. The highest BCUT2D eigenvalue weighted by molar-refractivity contribution is 7.98. The lowest BCUT2D eigenvalue weighted by Gasteiger charge is -2.14. The highest BCUT2D eigenvalue weighted by atomic mass is 32.2. The molecule has 4 heteroatoms. The van der Waals surface area contributed by atoms with E-state index in [1.807, 2.05) is 30.5 Å². The van der Waals surface area contributed by atoms with E-state index < -0.39 is 6.10 Å². The molecule has 1 aromatic carbocycles. The smallest absolute Gasteiger partial charge is 0.137 e. The topological polar surface area (TPSA) is 46.1 Å². The van der Waals surface area contributed by atoms with Crippen molar-refractivity contribution in [1.82, 2.24) is 0 Å². The van der Waals surface area contributed by atoms with Gasteiger partial charge in [0.15, 0.2) is 0 Å². The molecular formula is C13H22NO2S+. The third-order valence-electron chi connectivity index (χ3n) is 2.38. The normalized spacial score (nSPS) is 12.8. The van der Waals surface area contributed by atoms with Gasteiger partial charge in [-0.05, 0) is 32.2 Å². The fourth-order valence-electron chi connectivity index (χ4n) is 1.42. The van der Waals surface area contributed by atoms with Crippen LogP contribution in [0.3, 0.4) is 0 Å². The summed E-state index contributed by atoms with van der Waals surface area (Å²) in [7, 11) is 0. The van der Waals surface area contributed by atoms with Crippen LogP contribution in [-0.2, 0) is 0 Å². The maximum absolute atomic E-state index is 9.76. The molecule has 0 aliphatic heterocycles. The van der Waals surface area contributed by atoms with Gasteiger partial charge >= 0.3 is 0 Å². The molecule has 0 amide bonds. The first-order valence-electron chi connectivity index (χ1n) is 5.90. The molecule has 0 aliphatic carbocycles. The van der Waals surface area contributed by atoms with E-state index in [2.05, 4.69) is 19.2 Å². The fraction of sp³-hybridized carbons (Fsp3) is 0.538. The molecule has 17 heavy (non-hydrogen) atoms. The highest BCUT2D eigenvalue weighted by Gasteiger charge is 2.10. The zero-order valence-electron chi connectivity index (χ0n) is 10.7. The summed E-state index contributed by atoms with van der Waals surface area (Å²) in [5.41, 5.74) is 0. The minimum absolute atomic E-state index is 0.348. The summed E-state index contributed by atoms with van der Waals surface area (Å²) in [5.74, 6) is 0.851. The predicted molar refractivity (Wildman–Crippen MR) is 71.7 cm³/mol. The van der Waals surface area contributed by atoms with Gasteiger partial charge in [-0.25, -0.2) is 0 Å². The first kappa shape index (κ1) is 14.4. The van der Waals surface area contributed by atoms with E-state index in [0.717, 1.165) is 10.6 Å². The molecule has 1 rings (SSSR count). The van der Waals surface area contributed by atoms with Crippen LogP contribution >= 0.6 is 11.8 Å². The molecule has 0 spiro atoms. The largest absolute Gasteiger partial charge is 0.489 e. The molecule has 1 aromatic rings. The Bertz CT molecular complexity index is 331. The quantitative estimate of drug-likeness (QED) is 0.719. The van der Waals surface area contributed by atoms with Gasteiger partial charge in [-0.2, -0.15) is 0 Å².